The van der Waals surface area contributed by atoms with Crippen molar-refractivity contribution in [3.63, 3.8) is 0 Å². The van der Waals surface area contributed by atoms with E-state index in [4.69, 9.17) is 16.0 Å². The first-order chi connectivity index (χ1) is 14.9. The number of carbonyl (C=O) groups excluding carboxylic acids is 3. The number of aryl methyl sites for hydroxylation is 1. The van der Waals surface area contributed by atoms with Crippen molar-refractivity contribution in [1.82, 2.24) is 10.2 Å². The number of rotatable bonds is 5. The maximum Gasteiger partial charge on any atom is 0.329 e. The molecule has 2 N–H and O–H groups in total. The van der Waals surface area contributed by atoms with Gasteiger partial charge in [-0.05, 0) is 61.0 Å². The van der Waals surface area contributed by atoms with Crippen LogP contribution in [0.25, 0.3) is 17.4 Å². The maximum absolute atomic E-state index is 12.6. The first kappa shape index (κ1) is 20.4. The number of nitrogens with one attached hydrogen (secondary N) is 2. The first-order valence-corrected chi connectivity index (χ1v) is 9.84. The number of imide groups is 1. The number of hydrogen-bond acceptors (Lipinski definition) is 4. The van der Waals surface area contributed by atoms with E-state index in [-0.39, 0.29) is 5.70 Å². The van der Waals surface area contributed by atoms with Gasteiger partial charge in [0.25, 0.3) is 5.91 Å². The summed E-state index contributed by atoms with van der Waals surface area (Å²) in [5.74, 6) is -0.0958. The number of hydrogen-bond donors (Lipinski definition) is 2. The van der Waals surface area contributed by atoms with Crippen LogP contribution in [0.5, 0.6) is 0 Å². The van der Waals surface area contributed by atoms with Crippen molar-refractivity contribution < 1.29 is 18.8 Å². The molecule has 1 aliphatic heterocycles. The molecule has 4 rings (SSSR count). The monoisotopic (exact) mass is 435 g/mol. The number of nitrogens with zero attached hydrogens (tertiary/aromatic N) is 1. The van der Waals surface area contributed by atoms with Gasteiger partial charge in [-0.25, -0.2) is 9.69 Å². The molecule has 1 aromatic heterocycles. The summed E-state index contributed by atoms with van der Waals surface area (Å²) in [6.45, 7) is 1.50. The summed E-state index contributed by atoms with van der Waals surface area (Å²) >= 11 is 5.90. The lowest BCUT2D eigenvalue weighted by atomic mass is 10.2. The third-order valence-corrected chi connectivity index (χ3v) is 4.86. The molecule has 0 spiro atoms. The molecule has 31 heavy (non-hydrogen) atoms. The number of benzene rings is 2. The van der Waals surface area contributed by atoms with Gasteiger partial charge in [-0.1, -0.05) is 23.7 Å². The highest BCUT2D eigenvalue weighted by Crippen LogP contribution is 2.25. The topological polar surface area (TPSA) is 91.7 Å². The summed E-state index contributed by atoms with van der Waals surface area (Å²) in [6, 6.07) is 17.1. The van der Waals surface area contributed by atoms with Crippen LogP contribution in [0.4, 0.5) is 10.5 Å². The van der Waals surface area contributed by atoms with E-state index in [1.54, 1.807) is 42.5 Å². The fourth-order valence-electron chi connectivity index (χ4n) is 3.12. The van der Waals surface area contributed by atoms with Gasteiger partial charge in [-0.2, -0.15) is 0 Å². The molecule has 0 aliphatic carbocycles. The predicted molar refractivity (Wildman–Crippen MR) is 117 cm³/mol. The molecule has 3 aromatic rings. The maximum atomic E-state index is 12.6. The molecule has 0 unspecified atom stereocenters. The van der Waals surface area contributed by atoms with Crippen molar-refractivity contribution in [2.45, 2.75) is 6.92 Å². The van der Waals surface area contributed by atoms with Crippen LogP contribution in [0.15, 0.2) is 70.8 Å². The largest absolute Gasteiger partial charge is 0.457 e. The van der Waals surface area contributed by atoms with Crippen molar-refractivity contribution >= 4 is 41.2 Å². The van der Waals surface area contributed by atoms with E-state index >= 15 is 0 Å². The highest BCUT2D eigenvalue weighted by atomic mass is 35.5. The minimum Gasteiger partial charge on any atom is -0.457 e. The van der Waals surface area contributed by atoms with Gasteiger partial charge in [0.2, 0.25) is 5.91 Å². The van der Waals surface area contributed by atoms with Crippen molar-refractivity contribution in [2.24, 2.45) is 0 Å². The summed E-state index contributed by atoms with van der Waals surface area (Å²) in [4.78, 5) is 38.0. The second-order valence-electron chi connectivity index (χ2n) is 7.01. The number of amides is 4. The number of furan rings is 1. The van der Waals surface area contributed by atoms with E-state index in [1.807, 2.05) is 25.1 Å². The quantitative estimate of drug-likeness (QED) is 0.457. The van der Waals surface area contributed by atoms with Crippen molar-refractivity contribution in [1.29, 1.82) is 0 Å². The van der Waals surface area contributed by atoms with E-state index in [0.717, 1.165) is 16.0 Å². The normalized spacial score (nSPS) is 14.8. The first-order valence-electron chi connectivity index (χ1n) is 9.46. The van der Waals surface area contributed by atoms with Crippen molar-refractivity contribution in [3.8, 4) is 11.3 Å². The van der Waals surface area contributed by atoms with Crippen LogP contribution < -0.4 is 10.6 Å². The zero-order chi connectivity index (χ0) is 22.0. The molecule has 156 valence electrons. The Morgan fingerprint density at radius 2 is 1.90 bits per heavy atom. The van der Waals surface area contributed by atoms with Crippen LogP contribution in [-0.4, -0.2) is 29.3 Å². The molecule has 0 bridgehead atoms. The Morgan fingerprint density at radius 1 is 1.13 bits per heavy atom. The number of anilines is 1. The zero-order valence-corrected chi connectivity index (χ0v) is 17.3. The van der Waals surface area contributed by atoms with E-state index in [0.29, 0.717) is 22.2 Å². The molecule has 0 atom stereocenters. The average molecular weight is 436 g/mol. The van der Waals surface area contributed by atoms with Crippen molar-refractivity contribution in [2.75, 3.05) is 11.9 Å². The zero-order valence-electron chi connectivity index (χ0n) is 16.5. The highest BCUT2D eigenvalue weighted by Gasteiger charge is 2.35. The average Bonchev–Trinajstić information content (AvgIpc) is 3.29. The number of carbonyl (C=O) groups is 3. The lowest BCUT2D eigenvalue weighted by Crippen LogP contribution is -2.38. The Bertz CT molecular complexity index is 1200. The van der Waals surface area contributed by atoms with Crippen LogP contribution in [-0.2, 0) is 9.59 Å². The lowest BCUT2D eigenvalue weighted by molar-refractivity contribution is -0.127. The molecular weight excluding hydrogens is 418 g/mol. The standard InChI is InChI=1S/C23H18ClN3O4/c1-14-3-2-4-17(11-14)25-21(28)13-27-22(29)19(26-23(27)30)12-18-9-10-20(31-18)15-5-7-16(24)8-6-15/h2-12H,13H2,1H3,(H,25,28)(H,26,30). The van der Waals surface area contributed by atoms with Gasteiger partial charge in [0.15, 0.2) is 0 Å². The number of halogens is 1. The minimum atomic E-state index is -0.667. The van der Waals surface area contributed by atoms with Crippen LogP contribution in [0.1, 0.15) is 11.3 Å². The van der Waals surface area contributed by atoms with E-state index < -0.39 is 24.4 Å². The second kappa shape index (κ2) is 8.49. The molecule has 0 radical (unpaired) electrons. The van der Waals surface area contributed by atoms with Gasteiger partial charge < -0.3 is 15.1 Å². The minimum absolute atomic E-state index is 0.0327. The van der Waals surface area contributed by atoms with Crippen LogP contribution >= 0.6 is 11.6 Å². The third kappa shape index (κ3) is 4.67. The summed E-state index contributed by atoms with van der Waals surface area (Å²) < 4.78 is 5.74. The summed E-state index contributed by atoms with van der Waals surface area (Å²) in [5.41, 5.74) is 2.43. The van der Waals surface area contributed by atoms with E-state index in [9.17, 15) is 14.4 Å². The van der Waals surface area contributed by atoms with Crippen molar-refractivity contribution in [3.05, 3.63) is 82.7 Å². The van der Waals surface area contributed by atoms with E-state index in [2.05, 4.69) is 10.6 Å². The summed E-state index contributed by atoms with van der Waals surface area (Å²) in [6.07, 6.45) is 1.43. The SMILES string of the molecule is Cc1cccc(NC(=O)CN2C(=O)NC(=Cc3ccc(-c4ccc(Cl)cc4)o3)C2=O)c1. The van der Waals surface area contributed by atoms with Crippen LogP contribution in [0.2, 0.25) is 5.02 Å². The summed E-state index contributed by atoms with van der Waals surface area (Å²) in [7, 11) is 0. The molecule has 1 aliphatic rings. The Hall–Kier alpha value is -3.84. The smallest absolute Gasteiger partial charge is 0.329 e. The van der Waals surface area contributed by atoms with Gasteiger partial charge in [-0.15, -0.1) is 0 Å². The molecule has 1 saturated heterocycles. The highest BCUT2D eigenvalue weighted by molar-refractivity contribution is 6.30. The Labute approximate surface area is 183 Å². The molecule has 1 fully saturated rings. The van der Waals surface area contributed by atoms with Gasteiger partial charge in [0.05, 0.1) is 0 Å². The lowest BCUT2D eigenvalue weighted by Gasteiger charge is -2.12. The van der Waals surface area contributed by atoms with Crippen LogP contribution in [0.3, 0.4) is 0 Å². The fraction of sp³-hybridized carbons (Fsp3) is 0.0870. The molecule has 0 saturated carbocycles. The second-order valence-corrected chi connectivity index (χ2v) is 7.44. The van der Waals surface area contributed by atoms with Gasteiger partial charge in [0.1, 0.15) is 23.8 Å². The molecule has 2 heterocycles. The fourth-order valence-corrected chi connectivity index (χ4v) is 3.25. The molecule has 8 heteroatoms. The number of urea groups is 1. The molecule has 7 nitrogen and oxygen atoms in total. The Kier molecular flexibility index (Phi) is 5.60. The predicted octanol–water partition coefficient (Wildman–Crippen LogP) is 4.44. The van der Waals surface area contributed by atoms with Gasteiger partial charge in [-0.3, -0.25) is 9.59 Å². The molecular formula is C23H18ClN3O4. The Balaban J connectivity index is 1.45. The van der Waals surface area contributed by atoms with Gasteiger partial charge in [0, 0.05) is 22.3 Å². The third-order valence-electron chi connectivity index (χ3n) is 4.61. The Morgan fingerprint density at radius 3 is 2.65 bits per heavy atom. The van der Waals surface area contributed by atoms with Crippen LogP contribution in [0, 0.1) is 6.92 Å². The summed E-state index contributed by atoms with van der Waals surface area (Å²) in [5, 5.41) is 5.77. The van der Waals surface area contributed by atoms with Gasteiger partial charge >= 0.3 is 6.03 Å². The molecule has 4 amide bonds. The van der Waals surface area contributed by atoms with E-state index in [1.165, 1.54) is 6.08 Å². The molecule has 2 aromatic carbocycles.